The number of anilines is 6. The summed E-state index contributed by atoms with van der Waals surface area (Å²) in [6, 6.07) is 112. The van der Waals surface area contributed by atoms with Crippen molar-refractivity contribution in [2.24, 2.45) is 0 Å². The van der Waals surface area contributed by atoms with Crippen molar-refractivity contribution in [2.75, 3.05) is 9.80 Å². The summed E-state index contributed by atoms with van der Waals surface area (Å²) in [5, 5.41) is 14.7. The molecule has 1 aromatic heterocycles. The van der Waals surface area contributed by atoms with Crippen LogP contribution in [0.4, 0.5) is 34.1 Å². The van der Waals surface area contributed by atoms with Gasteiger partial charge in [-0.05, 0) is 172 Å². The van der Waals surface area contributed by atoms with Gasteiger partial charge in [0.05, 0.1) is 11.4 Å². The zero-order valence-electron chi connectivity index (χ0n) is 47.7. The lowest BCUT2D eigenvalue weighted by atomic mass is 9.81. The smallest absolute Gasteiger partial charge is 0.143 e. The summed E-state index contributed by atoms with van der Waals surface area (Å²) in [6.07, 6.45) is 0. The van der Waals surface area contributed by atoms with E-state index in [1.54, 1.807) is 0 Å². The van der Waals surface area contributed by atoms with E-state index in [0.717, 1.165) is 72.8 Å². The summed E-state index contributed by atoms with van der Waals surface area (Å²) >= 11 is 0. The van der Waals surface area contributed by atoms with Crippen molar-refractivity contribution in [3.05, 3.63) is 314 Å². The molecule has 16 aromatic rings. The molecule has 0 atom stereocenters. The lowest BCUT2D eigenvalue weighted by Crippen LogP contribution is -2.17. The molecule has 3 nitrogen and oxygen atoms in total. The molecule has 1 aliphatic carbocycles. The number of hydrogen-bond acceptors (Lipinski definition) is 3. The molecular weight excluding hydrogens is 1040 g/mol. The standard InChI is InChI=1S/C83H56N2O/c1-83(2)77-51-57(64-30-17-31-75-74-29-14-15-33-81(74)86-82(64)75)39-46-71(77)72-47-44-61(52-78(72)83)85(60-40-34-53(35-41-60)56-38-45-70-68-26-9-8-24-66(68)67-25-10-11-27-69(67)76(70)50-56)80-49-48-62(65-23-12-13-28-73(65)80)55-36-42-59(43-37-55)84(58-20-4-3-5-21-58)79-32-16-19-54-18-6-7-22-63(54)79/h3-52H,1-2H3. The fraction of sp³-hybridized carbons (Fsp3) is 0.0361. The zero-order valence-corrected chi connectivity index (χ0v) is 47.7. The molecule has 0 saturated carbocycles. The van der Waals surface area contributed by atoms with E-state index in [2.05, 4.69) is 321 Å². The maximum atomic E-state index is 6.59. The largest absolute Gasteiger partial charge is 0.455 e. The van der Waals surface area contributed by atoms with Crippen molar-refractivity contribution < 1.29 is 4.42 Å². The van der Waals surface area contributed by atoms with E-state index in [0.29, 0.717) is 0 Å². The Morgan fingerprint density at radius 1 is 0.256 bits per heavy atom. The van der Waals surface area contributed by atoms with Crippen molar-refractivity contribution in [1.82, 2.24) is 0 Å². The van der Waals surface area contributed by atoms with E-state index >= 15 is 0 Å². The second kappa shape index (κ2) is 19.6. The van der Waals surface area contributed by atoms with Crippen LogP contribution in [-0.4, -0.2) is 0 Å². The molecule has 1 heterocycles. The number of hydrogen-bond donors (Lipinski definition) is 0. The van der Waals surface area contributed by atoms with Crippen molar-refractivity contribution in [3.63, 3.8) is 0 Å². The molecule has 0 amide bonds. The highest BCUT2D eigenvalue weighted by Crippen LogP contribution is 2.53. The Kier molecular flexibility index (Phi) is 11.3. The van der Waals surface area contributed by atoms with Gasteiger partial charge in [-0.1, -0.05) is 238 Å². The van der Waals surface area contributed by atoms with Gasteiger partial charge >= 0.3 is 0 Å². The van der Waals surface area contributed by atoms with E-state index in [1.807, 2.05) is 6.07 Å². The number of furan rings is 1. The van der Waals surface area contributed by atoms with Crippen LogP contribution in [-0.2, 0) is 5.41 Å². The summed E-state index contributed by atoms with van der Waals surface area (Å²) in [5.41, 5.74) is 20.3. The van der Waals surface area contributed by atoms with Crippen molar-refractivity contribution >= 4 is 110 Å². The Morgan fingerprint density at radius 2 is 0.733 bits per heavy atom. The summed E-state index contributed by atoms with van der Waals surface area (Å²) in [6.45, 7) is 4.77. The van der Waals surface area contributed by atoms with Crippen LogP contribution in [0.15, 0.2) is 308 Å². The number of rotatable bonds is 9. The summed E-state index contributed by atoms with van der Waals surface area (Å²) < 4.78 is 6.59. The van der Waals surface area contributed by atoms with Crippen LogP contribution in [0.25, 0.3) is 120 Å². The third kappa shape index (κ3) is 7.82. The molecule has 0 unspecified atom stereocenters. The Hall–Kier alpha value is -11.0. The monoisotopic (exact) mass is 1100 g/mol. The van der Waals surface area contributed by atoms with Gasteiger partial charge in [0.2, 0.25) is 0 Å². The average Bonchev–Trinajstić information content (AvgIpc) is 1.53. The van der Waals surface area contributed by atoms with Gasteiger partial charge in [0, 0.05) is 55.3 Å². The number of benzene rings is 15. The molecule has 3 heteroatoms. The molecule has 404 valence electrons. The van der Waals surface area contributed by atoms with Gasteiger partial charge in [-0.25, -0.2) is 0 Å². The minimum Gasteiger partial charge on any atom is -0.455 e. The Morgan fingerprint density at radius 3 is 1.47 bits per heavy atom. The minimum atomic E-state index is -0.304. The third-order valence-electron chi connectivity index (χ3n) is 18.4. The Bertz CT molecular complexity index is 5340. The van der Waals surface area contributed by atoms with Crippen LogP contribution in [0.3, 0.4) is 0 Å². The summed E-state index contributed by atoms with van der Waals surface area (Å²) in [7, 11) is 0. The van der Waals surface area contributed by atoms with Gasteiger partial charge in [0.1, 0.15) is 11.2 Å². The summed E-state index contributed by atoms with van der Waals surface area (Å²) in [5.74, 6) is 0. The molecule has 17 rings (SSSR count). The first-order chi connectivity index (χ1) is 42.4. The van der Waals surface area contributed by atoms with Crippen molar-refractivity contribution in [2.45, 2.75) is 19.3 Å². The SMILES string of the molecule is CC1(C)c2cc(-c3cccc4c3oc3ccccc34)ccc2-c2ccc(N(c3ccc(-c4ccc5c6ccccc6c6ccccc6c5c4)cc3)c3ccc(-c4ccc(N(c5ccccc5)c5cccc6ccccc56)cc4)c4ccccc34)cc21. The molecule has 15 aromatic carbocycles. The van der Waals surface area contributed by atoms with Crippen LogP contribution in [0.2, 0.25) is 0 Å². The van der Waals surface area contributed by atoms with Gasteiger partial charge in [-0.2, -0.15) is 0 Å². The fourth-order valence-electron chi connectivity index (χ4n) is 14.3. The number of nitrogens with zero attached hydrogens (tertiary/aromatic N) is 2. The molecule has 0 fully saturated rings. The van der Waals surface area contributed by atoms with E-state index in [-0.39, 0.29) is 5.41 Å². The Balaban J connectivity index is 0.789. The molecule has 0 N–H and O–H groups in total. The van der Waals surface area contributed by atoms with Crippen LogP contribution < -0.4 is 9.80 Å². The normalized spacial score (nSPS) is 12.6. The molecule has 0 aliphatic heterocycles. The molecule has 86 heavy (non-hydrogen) atoms. The van der Waals surface area contributed by atoms with Crippen LogP contribution in [0, 0.1) is 0 Å². The number of para-hydroxylation sites is 3. The predicted octanol–water partition coefficient (Wildman–Crippen LogP) is 23.6. The molecular formula is C83H56N2O. The van der Waals surface area contributed by atoms with Crippen molar-refractivity contribution in [1.29, 1.82) is 0 Å². The molecule has 0 radical (unpaired) electrons. The van der Waals surface area contributed by atoms with E-state index in [4.69, 9.17) is 4.42 Å². The first kappa shape index (κ1) is 49.6. The summed E-state index contributed by atoms with van der Waals surface area (Å²) in [4.78, 5) is 4.85. The average molecular weight is 1100 g/mol. The molecule has 0 saturated heterocycles. The van der Waals surface area contributed by atoms with Gasteiger partial charge in [-0.3, -0.25) is 0 Å². The molecule has 0 spiro atoms. The second-order valence-electron chi connectivity index (χ2n) is 23.5. The lowest BCUT2D eigenvalue weighted by molar-refractivity contribution is 0.660. The first-order valence-corrected chi connectivity index (χ1v) is 29.8. The van der Waals surface area contributed by atoms with E-state index in [1.165, 1.54) is 92.8 Å². The molecule has 1 aliphatic rings. The quantitative estimate of drug-likeness (QED) is 0.134. The highest BCUT2D eigenvalue weighted by Gasteiger charge is 2.37. The second-order valence-corrected chi connectivity index (χ2v) is 23.5. The minimum absolute atomic E-state index is 0.304. The topological polar surface area (TPSA) is 19.6 Å². The van der Waals surface area contributed by atoms with Crippen LogP contribution >= 0.6 is 0 Å². The predicted molar refractivity (Wildman–Crippen MR) is 364 cm³/mol. The molecule has 0 bridgehead atoms. The van der Waals surface area contributed by atoms with Crippen LogP contribution in [0.1, 0.15) is 25.0 Å². The Labute approximate surface area is 499 Å². The third-order valence-corrected chi connectivity index (χ3v) is 18.4. The highest BCUT2D eigenvalue weighted by molar-refractivity contribution is 6.26. The highest BCUT2D eigenvalue weighted by atomic mass is 16.3. The van der Waals surface area contributed by atoms with E-state index in [9.17, 15) is 0 Å². The van der Waals surface area contributed by atoms with Crippen LogP contribution in [0.5, 0.6) is 0 Å². The van der Waals surface area contributed by atoms with Gasteiger partial charge in [-0.15, -0.1) is 0 Å². The van der Waals surface area contributed by atoms with Crippen molar-refractivity contribution in [3.8, 4) is 44.5 Å². The maximum Gasteiger partial charge on any atom is 0.143 e. The van der Waals surface area contributed by atoms with Gasteiger partial charge in [0.25, 0.3) is 0 Å². The van der Waals surface area contributed by atoms with Gasteiger partial charge < -0.3 is 14.2 Å². The first-order valence-electron chi connectivity index (χ1n) is 29.8. The maximum absolute atomic E-state index is 6.59. The zero-order chi connectivity index (χ0) is 57.0. The number of fused-ring (bicyclic) bond motifs is 14. The van der Waals surface area contributed by atoms with Gasteiger partial charge in [0.15, 0.2) is 0 Å². The fourth-order valence-corrected chi connectivity index (χ4v) is 14.3. The van der Waals surface area contributed by atoms with E-state index < -0.39 is 0 Å². The lowest BCUT2D eigenvalue weighted by Gasteiger charge is -2.30.